The molecule has 1 atom stereocenters. The molecule has 2 aromatic heterocycles. The summed E-state index contributed by atoms with van der Waals surface area (Å²) in [7, 11) is 0. The maximum absolute atomic E-state index is 12.9. The fourth-order valence-corrected chi connectivity index (χ4v) is 3.87. The van der Waals surface area contributed by atoms with Gasteiger partial charge in [0.2, 0.25) is 0 Å². The van der Waals surface area contributed by atoms with Crippen molar-refractivity contribution in [3.8, 4) is 0 Å². The van der Waals surface area contributed by atoms with Crippen molar-refractivity contribution < 1.29 is 23.1 Å². The van der Waals surface area contributed by atoms with E-state index >= 15 is 0 Å². The minimum Gasteiger partial charge on any atom is -0.477 e. The van der Waals surface area contributed by atoms with Crippen molar-refractivity contribution in [2.24, 2.45) is 0 Å². The Morgan fingerprint density at radius 3 is 2.88 bits per heavy atom. The summed E-state index contributed by atoms with van der Waals surface area (Å²) in [5.74, 6) is -0.808. The number of carboxylic acids is 1. The van der Waals surface area contributed by atoms with Gasteiger partial charge in [0.05, 0.1) is 6.04 Å². The average molecular weight is 371 g/mol. The second-order valence-electron chi connectivity index (χ2n) is 5.92. The summed E-state index contributed by atoms with van der Waals surface area (Å²) >= 11 is 1.20. The lowest BCUT2D eigenvalue weighted by Gasteiger charge is -2.23. The van der Waals surface area contributed by atoms with E-state index in [-0.39, 0.29) is 16.7 Å². The molecule has 2 aromatic rings. The Morgan fingerprint density at radius 1 is 1.48 bits per heavy atom. The molecule has 1 aliphatic heterocycles. The molecule has 1 saturated heterocycles. The Hall–Kier alpha value is -2.00. The number of aromatic nitrogens is 2. The third-order valence-electron chi connectivity index (χ3n) is 4.23. The van der Waals surface area contributed by atoms with Crippen molar-refractivity contribution in [1.82, 2.24) is 14.9 Å². The van der Waals surface area contributed by atoms with Crippen molar-refractivity contribution in [2.75, 3.05) is 6.54 Å². The molecule has 0 aromatic carbocycles. The third kappa shape index (κ3) is 3.82. The predicted octanol–water partition coefficient (Wildman–Crippen LogP) is 3.90. The first-order valence-corrected chi connectivity index (χ1v) is 8.54. The van der Waals surface area contributed by atoms with Gasteiger partial charge < -0.3 is 5.11 Å². The highest BCUT2D eigenvalue weighted by molar-refractivity contribution is 7.14. The van der Waals surface area contributed by atoms with E-state index in [1.165, 1.54) is 11.3 Å². The molecule has 0 aliphatic carbocycles. The van der Waals surface area contributed by atoms with Crippen LogP contribution in [0.2, 0.25) is 0 Å². The van der Waals surface area contributed by atoms with Gasteiger partial charge in [0.15, 0.2) is 0 Å². The minimum absolute atomic E-state index is 0.165. The van der Waals surface area contributed by atoms with Gasteiger partial charge in [0.25, 0.3) is 0 Å². The number of carbonyl (C=O) groups is 1. The number of halogens is 3. The van der Waals surface area contributed by atoms with Gasteiger partial charge in [-0.15, -0.1) is 11.3 Å². The van der Waals surface area contributed by atoms with Gasteiger partial charge in [0.1, 0.15) is 16.4 Å². The molecule has 5 nitrogen and oxygen atoms in total. The van der Waals surface area contributed by atoms with Crippen molar-refractivity contribution in [3.63, 3.8) is 0 Å². The lowest BCUT2D eigenvalue weighted by Crippen LogP contribution is -2.25. The molecule has 0 saturated carbocycles. The lowest BCUT2D eigenvalue weighted by molar-refractivity contribution is -0.141. The number of nitrogens with zero attached hydrogens (tertiary/aromatic N) is 3. The normalized spacial score (nSPS) is 18.6. The number of alkyl halides is 3. The Labute approximate surface area is 146 Å². The number of likely N-dealkylation sites (tertiary alicyclic amines) is 1. The van der Waals surface area contributed by atoms with Crippen LogP contribution in [0.3, 0.4) is 0 Å². The molecule has 1 N–H and O–H groups in total. The summed E-state index contributed by atoms with van der Waals surface area (Å²) in [6.07, 6.45) is -1.85. The zero-order valence-corrected chi connectivity index (χ0v) is 14.2. The zero-order valence-electron chi connectivity index (χ0n) is 13.4. The highest BCUT2D eigenvalue weighted by Crippen LogP contribution is 2.35. The van der Waals surface area contributed by atoms with Crippen LogP contribution in [0.15, 0.2) is 18.3 Å². The fraction of sp³-hybridized carbons (Fsp3) is 0.438. The largest absolute Gasteiger partial charge is 0.477 e. The van der Waals surface area contributed by atoms with Crippen LogP contribution < -0.4 is 0 Å². The van der Waals surface area contributed by atoms with E-state index in [0.717, 1.165) is 29.1 Å². The summed E-state index contributed by atoms with van der Waals surface area (Å²) in [4.78, 5) is 22.0. The first kappa shape index (κ1) is 17.8. The van der Waals surface area contributed by atoms with Crippen LogP contribution in [0.25, 0.3) is 0 Å². The first-order valence-electron chi connectivity index (χ1n) is 7.72. The van der Waals surface area contributed by atoms with Crippen molar-refractivity contribution in [1.29, 1.82) is 0 Å². The maximum atomic E-state index is 12.9. The van der Waals surface area contributed by atoms with Gasteiger partial charge in [-0.25, -0.2) is 14.8 Å². The monoisotopic (exact) mass is 371 g/mol. The summed E-state index contributed by atoms with van der Waals surface area (Å²) in [6, 6.07) is 2.20. The van der Waals surface area contributed by atoms with Crippen LogP contribution in [0.4, 0.5) is 13.2 Å². The van der Waals surface area contributed by atoms with Crippen molar-refractivity contribution in [3.05, 3.63) is 45.2 Å². The quantitative estimate of drug-likeness (QED) is 0.883. The van der Waals surface area contributed by atoms with Crippen LogP contribution >= 0.6 is 11.3 Å². The van der Waals surface area contributed by atoms with Crippen LogP contribution in [-0.2, 0) is 12.7 Å². The Kier molecular flexibility index (Phi) is 4.79. The topological polar surface area (TPSA) is 66.3 Å². The average Bonchev–Trinajstić information content (AvgIpc) is 3.14. The highest BCUT2D eigenvalue weighted by atomic mass is 32.1. The van der Waals surface area contributed by atoms with E-state index in [9.17, 15) is 18.0 Å². The molecule has 1 unspecified atom stereocenters. The molecule has 0 amide bonds. The highest BCUT2D eigenvalue weighted by Gasteiger charge is 2.35. The smallest absolute Gasteiger partial charge is 0.433 e. The number of thiophene rings is 1. The van der Waals surface area contributed by atoms with Crippen molar-refractivity contribution in [2.45, 2.75) is 38.5 Å². The Bertz CT molecular complexity index is 791. The molecule has 1 fully saturated rings. The van der Waals surface area contributed by atoms with Gasteiger partial charge in [-0.05, 0) is 44.0 Å². The summed E-state index contributed by atoms with van der Waals surface area (Å²) in [6.45, 7) is 3.03. The zero-order chi connectivity index (χ0) is 18.2. The van der Waals surface area contributed by atoms with Crippen LogP contribution in [0, 0.1) is 6.92 Å². The van der Waals surface area contributed by atoms with E-state index in [2.05, 4.69) is 9.97 Å². The molecular formula is C16H16F3N3O2S. The molecule has 9 heteroatoms. The fourth-order valence-electron chi connectivity index (χ4n) is 3.00. The van der Waals surface area contributed by atoms with Gasteiger partial charge in [-0.1, -0.05) is 0 Å². The van der Waals surface area contributed by atoms with E-state index in [1.807, 2.05) is 11.8 Å². The van der Waals surface area contributed by atoms with E-state index in [4.69, 9.17) is 5.11 Å². The second kappa shape index (κ2) is 6.72. The molecule has 0 spiro atoms. The number of rotatable bonds is 4. The van der Waals surface area contributed by atoms with Gasteiger partial charge >= 0.3 is 12.1 Å². The summed E-state index contributed by atoms with van der Waals surface area (Å²) < 4.78 is 38.6. The second-order valence-corrected chi connectivity index (χ2v) is 7.18. The maximum Gasteiger partial charge on any atom is 0.433 e. The van der Waals surface area contributed by atoms with Crippen LogP contribution in [0.1, 0.15) is 50.5 Å². The predicted molar refractivity (Wildman–Crippen MR) is 85.4 cm³/mol. The number of carboxylic acid groups (broad SMARTS) is 1. The summed E-state index contributed by atoms with van der Waals surface area (Å²) in [5.41, 5.74) is -0.0643. The van der Waals surface area contributed by atoms with E-state index in [0.29, 0.717) is 19.5 Å². The molecule has 3 rings (SSSR count). The number of aromatic carboxylic acids is 1. The standard InChI is InChI=1S/C16H16F3N3O2S/c1-9-10(7-12(25-9)15(23)24)8-22-6-2-3-11(22)14-20-5-4-13(21-14)16(17,18)19/h4-5,7,11H,2-3,6,8H2,1H3,(H,23,24). The van der Waals surface area contributed by atoms with Crippen molar-refractivity contribution >= 4 is 17.3 Å². The van der Waals surface area contributed by atoms with Gasteiger partial charge in [-0.2, -0.15) is 13.2 Å². The SMILES string of the molecule is Cc1sc(C(=O)O)cc1CN1CCCC1c1nccc(C(F)(F)F)n1. The van der Waals surface area contributed by atoms with Crippen LogP contribution in [-0.4, -0.2) is 32.5 Å². The molecule has 25 heavy (non-hydrogen) atoms. The summed E-state index contributed by atoms with van der Waals surface area (Å²) in [5, 5.41) is 9.09. The first-order chi connectivity index (χ1) is 11.8. The van der Waals surface area contributed by atoms with Gasteiger partial charge in [-0.3, -0.25) is 4.90 Å². The van der Waals surface area contributed by atoms with E-state index in [1.54, 1.807) is 6.07 Å². The lowest BCUT2D eigenvalue weighted by atomic mass is 10.1. The molecular weight excluding hydrogens is 355 g/mol. The third-order valence-corrected chi connectivity index (χ3v) is 5.31. The molecule has 3 heterocycles. The molecule has 0 bridgehead atoms. The molecule has 0 radical (unpaired) electrons. The van der Waals surface area contributed by atoms with Crippen LogP contribution in [0.5, 0.6) is 0 Å². The Balaban J connectivity index is 1.83. The number of hydrogen-bond donors (Lipinski definition) is 1. The molecule has 1 aliphatic rings. The molecule has 134 valence electrons. The van der Waals surface area contributed by atoms with E-state index < -0.39 is 17.8 Å². The minimum atomic E-state index is -4.50. The Morgan fingerprint density at radius 2 is 2.24 bits per heavy atom. The van der Waals surface area contributed by atoms with Gasteiger partial charge in [0, 0.05) is 17.6 Å². The number of hydrogen-bond acceptors (Lipinski definition) is 5. The number of aryl methyl sites for hydroxylation is 1.